The molecule has 0 aromatic heterocycles. The van der Waals surface area contributed by atoms with Crippen molar-refractivity contribution in [2.24, 2.45) is 0 Å². The summed E-state index contributed by atoms with van der Waals surface area (Å²) in [5.74, 6) is 0.0859. The van der Waals surface area contributed by atoms with E-state index in [4.69, 9.17) is 0 Å². The Bertz CT molecular complexity index is 471. The van der Waals surface area contributed by atoms with Crippen molar-refractivity contribution in [1.29, 1.82) is 0 Å². The monoisotopic (exact) mass is 183 g/mol. The van der Waals surface area contributed by atoms with Crippen molar-refractivity contribution < 1.29 is 4.79 Å². The van der Waals surface area contributed by atoms with Crippen LogP contribution in [0.2, 0.25) is 0 Å². The predicted molar refractivity (Wildman–Crippen MR) is 54.3 cm³/mol. The number of carbonyl (C=O) groups is 1. The molecule has 0 radical (unpaired) electrons. The van der Waals surface area contributed by atoms with Gasteiger partial charge in [0.25, 0.3) is 5.91 Å². The molecule has 0 bridgehead atoms. The van der Waals surface area contributed by atoms with Gasteiger partial charge in [-0.25, -0.2) is 0 Å². The molecule has 0 aliphatic carbocycles. The van der Waals surface area contributed by atoms with E-state index >= 15 is 0 Å². The molecule has 2 aliphatic rings. The molecular formula is C12H9NO. The van der Waals surface area contributed by atoms with Gasteiger partial charge in [0.05, 0.1) is 5.70 Å². The van der Waals surface area contributed by atoms with Gasteiger partial charge in [-0.3, -0.25) is 9.69 Å². The largest absolute Gasteiger partial charge is 0.284 e. The van der Waals surface area contributed by atoms with Crippen molar-refractivity contribution in [3.8, 4) is 0 Å². The van der Waals surface area contributed by atoms with Crippen molar-refractivity contribution in [3.05, 3.63) is 53.7 Å². The average Bonchev–Trinajstić information content (AvgIpc) is 2.55. The summed E-state index contributed by atoms with van der Waals surface area (Å²) in [7, 11) is 0. The van der Waals surface area contributed by atoms with Crippen LogP contribution in [0.5, 0.6) is 0 Å². The second-order valence-electron chi connectivity index (χ2n) is 3.43. The lowest BCUT2D eigenvalue weighted by molar-refractivity contribution is 0.0890. The first kappa shape index (κ1) is 7.56. The standard InChI is InChI=1S/C12H9NO/c14-12-10-6-2-1-5-9(10)11-7-3-4-8-13(11)12/h1-2,4-8H,3H2. The molecule has 0 atom stereocenters. The van der Waals surface area contributed by atoms with E-state index in [1.807, 2.05) is 36.5 Å². The fourth-order valence-corrected chi connectivity index (χ4v) is 1.96. The minimum Gasteiger partial charge on any atom is -0.284 e. The van der Waals surface area contributed by atoms with Crippen LogP contribution in [-0.2, 0) is 0 Å². The van der Waals surface area contributed by atoms with Gasteiger partial charge in [0, 0.05) is 17.3 Å². The molecule has 2 heteroatoms. The van der Waals surface area contributed by atoms with Crippen molar-refractivity contribution in [3.63, 3.8) is 0 Å². The van der Waals surface area contributed by atoms with Crippen LogP contribution in [0.25, 0.3) is 5.70 Å². The SMILES string of the molecule is O=C1c2ccccc2C2=CCC=CN12. The van der Waals surface area contributed by atoms with Crippen molar-refractivity contribution >= 4 is 11.6 Å². The Kier molecular flexibility index (Phi) is 1.39. The first-order valence-electron chi connectivity index (χ1n) is 4.68. The number of amides is 1. The smallest absolute Gasteiger partial charge is 0.263 e. The molecule has 2 nitrogen and oxygen atoms in total. The Morgan fingerprint density at radius 3 is 2.79 bits per heavy atom. The zero-order chi connectivity index (χ0) is 9.54. The topological polar surface area (TPSA) is 20.3 Å². The zero-order valence-electron chi connectivity index (χ0n) is 7.60. The van der Waals surface area contributed by atoms with E-state index < -0.39 is 0 Å². The van der Waals surface area contributed by atoms with Gasteiger partial charge in [0.2, 0.25) is 0 Å². The molecule has 0 N–H and O–H groups in total. The summed E-state index contributed by atoms with van der Waals surface area (Å²) in [6, 6.07) is 7.75. The first-order valence-corrected chi connectivity index (χ1v) is 4.68. The fourth-order valence-electron chi connectivity index (χ4n) is 1.96. The highest BCUT2D eigenvalue weighted by molar-refractivity contribution is 6.10. The quantitative estimate of drug-likeness (QED) is 0.604. The lowest BCUT2D eigenvalue weighted by atomic mass is 10.1. The van der Waals surface area contributed by atoms with E-state index in [-0.39, 0.29) is 5.91 Å². The van der Waals surface area contributed by atoms with Gasteiger partial charge in [0.1, 0.15) is 0 Å². The van der Waals surface area contributed by atoms with Gasteiger partial charge in [-0.2, -0.15) is 0 Å². The van der Waals surface area contributed by atoms with Crippen LogP contribution in [0.3, 0.4) is 0 Å². The molecule has 0 unspecified atom stereocenters. The number of rotatable bonds is 0. The maximum Gasteiger partial charge on any atom is 0.263 e. The summed E-state index contributed by atoms with van der Waals surface area (Å²) in [4.78, 5) is 13.6. The summed E-state index contributed by atoms with van der Waals surface area (Å²) >= 11 is 0. The minimum absolute atomic E-state index is 0.0859. The highest BCUT2D eigenvalue weighted by Gasteiger charge is 2.30. The van der Waals surface area contributed by atoms with Gasteiger partial charge >= 0.3 is 0 Å². The normalized spacial score (nSPS) is 17.9. The maximum atomic E-state index is 11.9. The summed E-state index contributed by atoms with van der Waals surface area (Å²) in [5, 5.41) is 0. The van der Waals surface area contributed by atoms with Gasteiger partial charge in [-0.15, -0.1) is 0 Å². The molecule has 0 fully saturated rings. The van der Waals surface area contributed by atoms with E-state index in [9.17, 15) is 4.79 Å². The number of allylic oxidation sites excluding steroid dienone is 2. The number of hydrogen-bond acceptors (Lipinski definition) is 1. The molecule has 1 aromatic rings. The van der Waals surface area contributed by atoms with Crippen LogP contribution in [0.1, 0.15) is 22.3 Å². The molecule has 0 spiro atoms. The van der Waals surface area contributed by atoms with Crippen LogP contribution >= 0.6 is 0 Å². The Labute approximate surface area is 82.2 Å². The van der Waals surface area contributed by atoms with Gasteiger partial charge < -0.3 is 0 Å². The highest BCUT2D eigenvalue weighted by atomic mass is 16.2. The lowest BCUT2D eigenvalue weighted by Gasteiger charge is -2.15. The van der Waals surface area contributed by atoms with Gasteiger partial charge in [-0.05, 0) is 12.5 Å². The number of hydrogen-bond donors (Lipinski definition) is 0. The van der Waals surface area contributed by atoms with E-state index in [0.29, 0.717) is 0 Å². The van der Waals surface area contributed by atoms with Crippen LogP contribution in [-0.4, -0.2) is 10.8 Å². The van der Waals surface area contributed by atoms with Crippen LogP contribution in [0.4, 0.5) is 0 Å². The molecule has 3 rings (SSSR count). The molecule has 1 aromatic carbocycles. The lowest BCUT2D eigenvalue weighted by Crippen LogP contribution is -2.17. The van der Waals surface area contributed by atoms with Crippen LogP contribution in [0, 0.1) is 0 Å². The minimum atomic E-state index is 0.0859. The third-order valence-corrected chi connectivity index (χ3v) is 2.61. The number of benzene rings is 1. The maximum absolute atomic E-state index is 11.9. The Hall–Kier alpha value is -1.83. The van der Waals surface area contributed by atoms with E-state index in [1.165, 1.54) is 0 Å². The zero-order valence-corrected chi connectivity index (χ0v) is 7.60. The van der Waals surface area contributed by atoms with Crippen molar-refractivity contribution in [2.75, 3.05) is 0 Å². The molecular weight excluding hydrogens is 174 g/mol. The number of nitrogens with zero attached hydrogens (tertiary/aromatic N) is 1. The van der Waals surface area contributed by atoms with E-state index in [1.54, 1.807) is 4.90 Å². The Morgan fingerprint density at radius 2 is 1.93 bits per heavy atom. The van der Waals surface area contributed by atoms with Crippen LogP contribution in [0.15, 0.2) is 42.6 Å². The number of carbonyl (C=O) groups excluding carboxylic acids is 1. The van der Waals surface area contributed by atoms with E-state index in [2.05, 4.69) is 6.08 Å². The third-order valence-electron chi connectivity index (χ3n) is 2.61. The molecule has 68 valence electrons. The summed E-state index contributed by atoms with van der Waals surface area (Å²) in [6.45, 7) is 0. The molecule has 1 amide bonds. The van der Waals surface area contributed by atoms with Gasteiger partial charge in [-0.1, -0.05) is 30.4 Å². The van der Waals surface area contributed by atoms with E-state index in [0.717, 1.165) is 23.2 Å². The van der Waals surface area contributed by atoms with Gasteiger partial charge in [0.15, 0.2) is 0 Å². The average molecular weight is 183 g/mol. The molecule has 0 saturated carbocycles. The number of fused-ring (bicyclic) bond motifs is 3. The van der Waals surface area contributed by atoms with Crippen molar-refractivity contribution in [2.45, 2.75) is 6.42 Å². The second-order valence-corrected chi connectivity index (χ2v) is 3.43. The Balaban J connectivity index is 2.26. The van der Waals surface area contributed by atoms with Crippen molar-refractivity contribution in [1.82, 2.24) is 4.90 Å². The van der Waals surface area contributed by atoms with Crippen LogP contribution < -0.4 is 0 Å². The fraction of sp³-hybridized carbons (Fsp3) is 0.0833. The molecule has 2 heterocycles. The predicted octanol–water partition coefficient (Wildman–Crippen LogP) is 2.40. The second kappa shape index (κ2) is 2.58. The highest BCUT2D eigenvalue weighted by Crippen LogP contribution is 2.34. The molecule has 2 aliphatic heterocycles. The first-order chi connectivity index (χ1) is 6.88. The Morgan fingerprint density at radius 1 is 1.14 bits per heavy atom. The molecule has 14 heavy (non-hydrogen) atoms. The molecule has 0 saturated heterocycles. The third kappa shape index (κ3) is 0.826. The summed E-state index contributed by atoms with van der Waals surface area (Å²) < 4.78 is 0. The summed E-state index contributed by atoms with van der Waals surface area (Å²) in [6.07, 6.45) is 6.85. The summed E-state index contributed by atoms with van der Waals surface area (Å²) in [5.41, 5.74) is 2.90.